The van der Waals surface area contributed by atoms with Crippen LogP contribution >= 0.6 is 0 Å². The zero-order chi connectivity index (χ0) is 27.2. The van der Waals surface area contributed by atoms with Crippen molar-refractivity contribution in [2.75, 3.05) is 0 Å². The molecule has 5 aromatic rings. The minimum atomic E-state index is -0.310. The van der Waals surface area contributed by atoms with E-state index in [1.54, 1.807) is 24.3 Å². The molecule has 0 heterocycles. The fourth-order valence-corrected chi connectivity index (χ4v) is 4.72. The van der Waals surface area contributed by atoms with Crippen molar-refractivity contribution in [3.63, 3.8) is 0 Å². The molecule has 0 aliphatic heterocycles. The van der Waals surface area contributed by atoms with Crippen LogP contribution in [-0.4, -0.2) is 0 Å². The number of rotatable bonds is 9. The first kappa shape index (κ1) is 26.2. The van der Waals surface area contributed by atoms with Crippen molar-refractivity contribution in [2.24, 2.45) is 0 Å². The normalized spacial score (nSPS) is 11.0. The Bertz CT molecular complexity index is 1390. The summed E-state index contributed by atoms with van der Waals surface area (Å²) in [6.45, 7) is 4.73. The zero-order valence-corrected chi connectivity index (χ0v) is 22.0. The highest BCUT2D eigenvalue weighted by Crippen LogP contribution is 2.37. The van der Waals surface area contributed by atoms with Crippen LogP contribution in [0.25, 0.3) is 0 Å². The SMILES string of the molecule is Cc1ccc(OCc2cccc(COc3ccc(C)cc3)c2C(c2ccc(F)cc2)c2ccc(F)cc2)cc1. The molecule has 0 unspecified atom stereocenters. The number of hydrogen-bond acceptors (Lipinski definition) is 2. The van der Waals surface area contributed by atoms with Crippen LogP contribution in [0.4, 0.5) is 8.78 Å². The molecule has 0 aliphatic rings. The van der Waals surface area contributed by atoms with E-state index in [0.717, 1.165) is 50.4 Å². The lowest BCUT2D eigenvalue weighted by atomic mass is 9.80. The van der Waals surface area contributed by atoms with Gasteiger partial charge in [-0.05, 0) is 90.2 Å². The Balaban J connectivity index is 1.59. The Morgan fingerprint density at radius 3 is 1.28 bits per heavy atom. The molecule has 0 spiro atoms. The lowest BCUT2D eigenvalue weighted by Gasteiger charge is -2.25. The second kappa shape index (κ2) is 12.0. The van der Waals surface area contributed by atoms with Crippen molar-refractivity contribution in [2.45, 2.75) is 33.0 Å². The van der Waals surface area contributed by atoms with E-state index in [1.807, 2.05) is 80.6 Å². The second-order valence-electron chi connectivity index (χ2n) is 9.73. The average Bonchev–Trinajstić information content (AvgIpc) is 2.95. The van der Waals surface area contributed by atoms with Gasteiger partial charge in [0.1, 0.15) is 36.3 Å². The third-order valence-corrected chi connectivity index (χ3v) is 6.81. The van der Waals surface area contributed by atoms with Gasteiger partial charge in [-0.2, -0.15) is 0 Å². The van der Waals surface area contributed by atoms with Gasteiger partial charge in [-0.15, -0.1) is 0 Å². The molecule has 5 aromatic carbocycles. The number of aryl methyl sites for hydroxylation is 2. The molecule has 196 valence electrons. The highest BCUT2D eigenvalue weighted by molar-refractivity contribution is 5.50. The molecule has 0 bridgehead atoms. The summed E-state index contributed by atoms with van der Waals surface area (Å²) in [5.41, 5.74) is 7.04. The minimum absolute atomic E-state index is 0.291. The topological polar surface area (TPSA) is 18.5 Å². The Labute approximate surface area is 228 Å². The molecule has 0 aromatic heterocycles. The van der Waals surface area contributed by atoms with Gasteiger partial charge in [0.2, 0.25) is 0 Å². The number of benzene rings is 5. The number of ether oxygens (including phenoxy) is 2. The smallest absolute Gasteiger partial charge is 0.123 e. The molecule has 0 fully saturated rings. The predicted molar refractivity (Wildman–Crippen MR) is 151 cm³/mol. The maximum Gasteiger partial charge on any atom is 0.123 e. The Kier molecular flexibility index (Phi) is 8.02. The van der Waals surface area contributed by atoms with Crippen molar-refractivity contribution in [3.8, 4) is 11.5 Å². The molecule has 0 N–H and O–H groups in total. The fraction of sp³-hybridized carbons (Fsp3) is 0.143. The summed E-state index contributed by atoms with van der Waals surface area (Å²) in [7, 11) is 0. The van der Waals surface area contributed by atoms with Crippen LogP contribution in [0.2, 0.25) is 0 Å². The fourth-order valence-electron chi connectivity index (χ4n) is 4.72. The molecule has 5 rings (SSSR count). The molecule has 0 saturated heterocycles. The van der Waals surface area contributed by atoms with Crippen molar-refractivity contribution in [3.05, 3.63) is 166 Å². The minimum Gasteiger partial charge on any atom is -0.489 e. The molecule has 4 heteroatoms. The van der Waals surface area contributed by atoms with Gasteiger partial charge in [0, 0.05) is 5.92 Å². The van der Waals surface area contributed by atoms with E-state index in [9.17, 15) is 8.78 Å². The van der Waals surface area contributed by atoms with Gasteiger partial charge >= 0.3 is 0 Å². The Morgan fingerprint density at radius 1 is 0.513 bits per heavy atom. The van der Waals surface area contributed by atoms with E-state index in [2.05, 4.69) is 0 Å². The van der Waals surface area contributed by atoms with Crippen LogP contribution in [0.1, 0.15) is 44.9 Å². The van der Waals surface area contributed by atoms with Gasteiger partial charge in [0.05, 0.1) is 0 Å². The molecular weight excluding hydrogens is 490 g/mol. The van der Waals surface area contributed by atoms with E-state index in [0.29, 0.717) is 13.2 Å². The summed E-state index contributed by atoms with van der Waals surface area (Å²) in [5.74, 6) is 0.632. The van der Waals surface area contributed by atoms with Crippen molar-refractivity contribution in [1.82, 2.24) is 0 Å². The number of halogens is 2. The predicted octanol–water partition coefficient (Wildman–Crippen LogP) is 8.92. The van der Waals surface area contributed by atoms with Crippen molar-refractivity contribution in [1.29, 1.82) is 0 Å². The summed E-state index contributed by atoms with van der Waals surface area (Å²) < 4.78 is 40.3. The molecule has 0 radical (unpaired) electrons. The number of hydrogen-bond donors (Lipinski definition) is 0. The van der Waals surface area contributed by atoms with Gasteiger partial charge in [-0.25, -0.2) is 8.78 Å². The molecular formula is C35H30F2O2. The van der Waals surface area contributed by atoms with Gasteiger partial charge in [0.25, 0.3) is 0 Å². The third-order valence-electron chi connectivity index (χ3n) is 6.81. The average molecular weight is 521 g/mol. The van der Waals surface area contributed by atoms with Gasteiger partial charge in [0.15, 0.2) is 0 Å². The molecule has 0 saturated carbocycles. The zero-order valence-electron chi connectivity index (χ0n) is 22.0. The molecule has 39 heavy (non-hydrogen) atoms. The van der Waals surface area contributed by atoms with Crippen LogP contribution in [0.3, 0.4) is 0 Å². The first-order valence-corrected chi connectivity index (χ1v) is 13.0. The first-order valence-electron chi connectivity index (χ1n) is 13.0. The van der Waals surface area contributed by atoms with Gasteiger partial charge < -0.3 is 9.47 Å². The summed E-state index contributed by atoms with van der Waals surface area (Å²) in [6.07, 6.45) is 0. The summed E-state index contributed by atoms with van der Waals surface area (Å²) in [5, 5.41) is 0. The maximum atomic E-state index is 14.0. The molecule has 2 nitrogen and oxygen atoms in total. The van der Waals surface area contributed by atoms with E-state index in [4.69, 9.17) is 9.47 Å². The summed E-state index contributed by atoms with van der Waals surface area (Å²) in [6, 6.07) is 34.9. The molecule has 0 aliphatic carbocycles. The third kappa shape index (κ3) is 6.53. The van der Waals surface area contributed by atoms with Gasteiger partial charge in [-0.3, -0.25) is 0 Å². The molecule has 0 atom stereocenters. The highest BCUT2D eigenvalue weighted by atomic mass is 19.1. The monoisotopic (exact) mass is 520 g/mol. The largest absolute Gasteiger partial charge is 0.489 e. The van der Waals surface area contributed by atoms with Crippen molar-refractivity contribution >= 4 is 0 Å². The van der Waals surface area contributed by atoms with Crippen LogP contribution in [0, 0.1) is 25.5 Å². The lowest BCUT2D eigenvalue weighted by molar-refractivity contribution is 0.297. The van der Waals surface area contributed by atoms with Crippen LogP contribution < -0.4 is 9.47 Å². The van der Waals surface area contributed by atoms with E-state index in [-0.39, 0.29) is 17.6 Å². The van der Waals surface area contributed by atoms with Crippen LogP contribution in [0.5, 0.6) is 11.5 Å². The standard InChI is InChI=1S/C35H30F2O2/c1-24-6-18-32(19-7-24)38-22-28-4-3-5-29(23-39-33-20-8-25(2)9-21-33)35(28)34(26-10-14-30(36)15-11-26)27-12-16-31(37)17-13-27/h3-21,34H,22-23H2,1-2H3. The Hall–Kier alpha value is -4.44. The van der Waals surface area contributed by atoms with Crippen molar-refractivity contribution < 1.29 is 18.3 Å². The Morgan fingerprint density at radius 2 is 0.897 bits per heavy atom. The highest BCUT2D eigenvalue weighted by Gasteiger charge is 2.24. The summed E-state index contributed by atoms with van der Waals surface area (Å²) >= 11 is 0. The van der Waals surface area contributed by atoms with E-state index in [1.165, 1.54) is 24.3 Å². The quantitative estimate of drug-likeness (QED) is 0.181. The van der Waals surface area contributed by atoms with Crippen LogP contribution in [-0.2, 0) is 13.2 Å². The maximum absolute atomic E-state index is 14.0. The van der Waals surface area contributed by atoms with E-state index < -0.39 is 0 Å². The summed E-state index contributed by atoms with van der Waals surface area (Å²) in [4.78, 5) is 0. The lowest BCUT2D eigenvalue weighted by Crippen LogP contribution is -2.13. The van der Waals surface area contributed by atoms with Gasteiger partial charge in [-0.1, -0.05) is 77.9 Å². The van der Waals surface area contributed by atoms with Crippen LogP contribution in [0.15, 0.2) is 115 Å². The van der Waals surface area contributed by atoms with E-state index >= 15 is 0 Å². The first-order chi connectivity index (χ1) is 19.0. The second-order valence-corrected chi connectivity index (χ2v) is 9.73. The molecule has 0 amide bonds.